The molecule has 13 heteroatoms. The molecule has 0 bridgehead atoms. The molecule has 5 aromatic rings. The Hall–Kier alpha value is -5.34. The lowest BCUT2D eigenvalue weighted by atomic mass is 9.59. The third kappa shape index (κ3) is 9.36. The van der Waals surface area contributed by atoms with Gasteiger partial charge in [-0.3, -0.25) is 24.9 Å². The number of piperidine rings is 4. The zero-order valence-electron chi connectivity index (χ0n) is 42.0. The van der Waals surface area contributed by atoms with E-state index in [9.17, 15) is 9.59 Å². The first kappa shape index (κ1) is 48.0. The molecule has 6 aliphatic rings. The normalized spacial score (nSPS) is 23.2. The summed E-state index contributed by atoms with van der Waals surface area (Å²) in [6.07, 6.45) is 20.8. The van der Waals surface area contributed by atoms with Crippen molar-refractivity contribution in [3.63, 3.8) is 0 Å². The van der Waals surface area contributed by atoms with E-state index in [0.29, 0.717) is 59.8 Å². The third-order valence-electron chi connectivity index (χ3n) is 17.4. The number of aryl methyl sites for hydroxylation is 2. The number of likely N-dealkylation sites (tertiary alicyclic amines) is 2. The number of terminal acetylenes is 1. The molecule has 2 amide bonds. The smallest absolute Gasteiger partial charge is 0.318 e. The summed E-state index contributed by atoms with van der Waals surface area (Å²) in [5.41, 5.74) is 8.44. The van der Waals surface area contributed by atoms with Crippen LogP contribution in [-0.4, -0.2) is 108 Å². The number of nitrogens with zero attached hydrogens (tertiary/aromatic N) is 7. The van der Waals surface area contributed by atoms with Gasteiger partial charge in [-0.2, -0.15) is 9.97 Å². The van der Waals surface area contributed by atoms with Gasteiger partial charge < -0.3 is 19.4 Å². The van der Waals surface area contributed by atoms with Gasteiger partial charge in [0, 0.05) is 67.0 Å². The minimum atomic E-state index is -0.419. The number of anilines is 1. The van der Waals surface area contributed by atoms with Crippen molar-refractivity contribution in [3.05, 3.63) is 82.3 Å². The van der Waals surface area contributed by atoms with Crippen LogP contribution >= 0.6 is 9.24 Å². The topological polar surface area (TPSA) is 116 Å². The van der Waals surface area contributed by atoms with Gasteiger partial charge in [0.25, 0.3) is 0 Å². The van der Waals surface area contributed by atoms with E-state index in [1.165, 1.54) is 56.6 Å². The highest BCUT2D eigenvalue weighted by Crippen LogP contribution is 2.53. The van der Waals surface area contributed by atoms with E-state index in [1.54, 1.807) is 13.1 Å². The number of hydrogen-bond acceptors (Lipinski definition) is 10. The molecule has 3 atom stereocenters. The molecule has 2 aliphatic carbocycles. The lowest BCUT2D eigenvalue weighted by Crippen LogP contribution is -2.56. The van der Waals surface area contributed by atoms with Crippen LogP contribution in [0.25, 0.3) is 32.9 Å². The number of carbonyl (C=O) groups excluding carboxylic acids is 2. The monoisotopic (exact) mass is 975 g/mol. The summed E-state index contributed by atoms with van der Waals surface area (Å²) < 4.78 is 21.9. The number of rotatable bonds is 11. The molecule has 4 saturated heterocycles. The third-order valence-corrected chi connectivity index (χ3v) is 18.0. The number of aromatic nitrogens is 3. The molecule has 11 nitrogen and oxygen atoms in total. The molecule has 0 radical (unpaired) electrons. The molecule has 6 heterocycles. The fraction of sp³-hybridized carbons (Fsp3) is 0.517. The predicted octanol–water partition coefficient (Wildman–Crippen LogP) is 9.07. The van der Waals surface area contributed by atoms with E-state index in [-0.39, 0.29) is 28.7 Å². The summed E-state index contributed by atoms with van der Waals surface area (Å²) in [5.74, 6) is 3.33. The number of hydrogen-bond donors (Lipinski definition) is 1. The summed E-state index contributed by atoms with van der Waals surface area (Å²) in [7, 11) is 4.64. The highest BCUT2D eigenvalue weighted by Gasteiger charge is 2.50. The van der Waals surface area contributed by atoms with Gasteiger partial charge in [-0.25, -0.2) is 4.39 Å². The molecule has 1 N–H and O–H groups in total. The van der Waals surface area contributed by atoms with Gasteiger partial charge in [0.05, 0.1) is 40.4 Å². The Labute approximate surface area is 420 Å². The van der Waals surface area contributed by atoms with Crippen molar-refractivity contribution in [1.29, 1.82) is 0 Å². The highest BCUT2D eigenvalue weighted by molar-refractivity contribution is 7.28. The number of fused-ring (bicyclic) bond motifs is 2. The van der Waals surface area contributed by atoms with E-state index in [0.717, 1.165) is 120 Å². The number of halogens is 1. The van der Waals surface area contributed by atoms with Crippen molar-refractivity contribution < 1.29 is 18.7 Å². The Bertz CT molecular complexity index is 2990. The van der Waals surface area contributed by atoms with Crippen molar-refractivity contribution in [3.8, 4) is 29.6 Å². The van der Waals surface area contributed by atoms with Crippen LogP contribution in [0.4, 0.5) is 10.2 Å². The first-order valence-electron chi connectivity index (χ1n) is 26.2. The van der Waals surface area contributed by atoms with Crippen LogP contribution in [0.15, 0.2) is 53.7 Å². The maximum atomic E-state index is 15.2. The largest absolute Gasteiger partial charge is 0.463 e. The van der Waals surface area contributed by atoms with Crippen molar-refractivity contribution in [2.24, 2.45) is 27.7 Å². The van der Waals surface area contributed by atoms with Crippen LogP contribution < -0.4 is 20.3 Å². The van der Waals surface area contributed by atoms with Crippen molar-refractivity contribution in [2.45, 2.75) is 110 Å². The molecule has 71 heavy (non-hydrogen) atoms. The standard InChI is InChI=1S/C58H68FN8O3P/c1-6-42-47(59)13-10-40-26-36(3)27-45(49(40)42)51-53(71)52-46(31-61-51)54(67-21-7-8-35(2)32-67)64-56(63-52)70-34-58(17-18-58)33-65-24-19-57(20-25-65)29-41(30-57)66-22-15-38(16-23-66)39-9-11-43(37(4)28-39)50(60-5)44-12-14-48(68)62-55(44)69/h1,9-11,13,26-28,31,35,38,41,44H,7-8,12,14-25,29-30,32-34,71H2,2-5H3,(H,62,68,69). The van der Waals surface area contributed by atoms with Crippen molar-refractivity contribution in [1.82, 2.24) is 30.1 Å². The predicted molar refractivity (Wildman–Crippen MR) is 284 cm³/mol. The number of pyridine rings is 1. The molecular weight excluding hydrogens is 907 g/mol. The molecule has 3 unspecified atom stereocenters. The second-order valence-corrected chi connectivity index (χ2v) is 23.0. The Morgan fingerprint density at radius 2 is 1.77 bits per heavy atom. The van der Waals surface area contributed by atoms with Crippen LogP contribution in [0.3, 0.4) is 0 Å². The number of benzene rings is 3. The fourth-order valence-electron chi connectivity index (χ4n) is 13.1. The van der Waals surface area contributed by atoms with Gasteiger partial charge in [0.1, 0.15) is 11.6 Å². The molecule has 370 valence electrons. The molecule has 1 spiro atoms. The van der Waals surface area contributed by atoms with E-state index >= 15 is 4.39 Å². The molecule has 11 rings (SSSR count). The SMILES string of the molecule is C#Cc1c(F)ccc2cc(C)cc(-c3ncc4c(N5CCCC(C)C5)nc(OCC5(CN6CCC7(CC6)CC(N6CCC(c8ccc(C(=NC)C9CCC(=O)NC9=O)c(C)c8)CC6)C7)CC5)nc4c3P)c12. The fourth-order valence-corrected chi connectivity index (χ4v) is 13.6. The van der Waals surface area contributed by atoms with Crippen LogP contribution in [0.1, 0.15) is 118 Å². The quantitative estimate of drug-likeness (QED) is 0.0599. The minimum Gasteiger partial charge on any atom is -0.463 e. The van der Waals surface area contributed by atoms with Crippen LogP contribution in [0.5, 0.6) is 6.01 Å². The second kappa shape index (κ2) is 19.3. The molecule has 6 fully saturated rings. The zero-order valence-corrected chi connectivity index (χ0v) is 43.1. The molecule has 3 aromatic carbocycles. The minimum absolute atomic E-state index is 0.108. The van der Waals surface area contributed by atoms with Gasteiger partial charge in [0.2, 0.25) is 11.8 Å². The second-order valence-electron chi connectivity index (χ2n) is 22.4. The van der Waals surface area contributed by atoms with Gasteiger partial charge in [-0.05, 0) is 168 Å². The lowest BCUT2D eigenvalue weighted by molar-refractivity contribution is -0.134. The number of amides is 2. The first-order chi connectivity index (χ1) is 34.3. The maximum Gasteiger partial charge on any atom is 0.318 e. The first-order valence-corrected chi connectivity index (χ1v) is 26.8. The van der Waals surface area contributed by atoms with Crippen LogP contribution in [0.2, 0.25) is 0 Å². The van der Waals surface area contributed by atoms with Gasteiger partial charge in [-0.15, -0.1) is 15.7 Å². The van der Waals surface area contributed by atoms with Crippen LogP contribution in [0, 0.1) is 54.7 Å². The van der Waals surface area contributed by atoms with E-state index in [1.807, 2.05) is 25.3 Å². The van der Waals surface area contributed by atoms with Gasteiger partial charge in [-0.1, -0.05) is 43.2 Å². The summed E-state index contributed by atoms with van der Waals surface area (Å²) in [5, 5.41) is 5.76. The molecule has 4 aliphatic heterocycles. The average Bonchev–Trinajstić information content (AvgIpc) is 4.13. The molecular formula is C58H68FN8O3P. The summed E-state index contributed by atoms with van der Waals surface area (Å²) >= 11 is 0. The Balaban J connectivity index is 0.715. The molecule has 2 saturated carbocycles. The summed E-state index contributed by atoms with van der Waals surface area (Å²) in [6.45, 7) is 14.5. The van der Waals surface area contributed by atoms with E-state index < -0.39 is 5.82 Å². The van der Waals surface area contributed by atoms with Crippen LogP contribution in [-0.2, 0) is 9.59 Å². The van der Waals surface area contributed by atoms with Gasteiger partial charge in [0.15, 0.2) is 0 Å². The Morgan fingerprint density at radius 3 is 2.48 bits per heavy atom. The summed E-state index contributed by atoms with van der Waals surface area (Å²) in [6, 6.07) is 15.1. The molecule has 2 aromatic heterocycles. The highest BCUT2D eigenvalue weighted by atomic mass is 31.0. The Morgan fingerprint density at radius 1 is 0.986 bits per heavy atom. The Kier molecular flexibility index (Phi) is 13.0. The van der Waals surface area contributed by atoms with E-state index in [4.69, 9.17) is 26.1 Å². The number of imide groups is 1. The van der Waals surface area contributed by atoms with Crippen molar-refractivity contribution >= 4 is 59.6 Å². The number of aliphatic imine (C=N–C) groups is 1. The number of ether oxygens (including phenoxy) is 1. The van der Waals surface area contributed by atoms with Crippen molar-refractivity contribution in [2.75, 3.05) is 64.4 Å². The maximum absolute atomic E-state index is 15.2. The number of carbonyl (C=O) groups is 2. The number of nitrogens with one attached hydrogen (secondary N) is 1. The zero-order chi connectivity index (χ0) is 49.2. The average molecular weight is 975 g/mol. The lowest BCUT2D eigenvalue weighted by Gasteiger charge is -2.56. The van der Waals surface area contributed by atoms with Gasteiger partial charge >= 0.3 is 6.01 Å². The summed E-state index contributed by atoms with van der Waals surface area (Å²) in [4.78, 5) is 52.2. The van der Waals surface area contributed by atoms with E-state index in [2.05, 4.69) is 72.2 Å².